The van der Waals surface area contributed by atoms with Crippen LogP contribution in [0.15, 0.2) is 65.7 Å². The minimum atomic E-state index is -2.10. The summed E-state index contributed by atoms with van der Waals surface area (Å²) in [4.78, 5) is 74.6. The van der Waals surface area contributed by atoms with Gasteiger partial charge in [-0.1, -0.05) is 62.7 Å². The highest BCUT2D eigenvalue weighted by molar-refractivity contribution is 6.34. The molecule has 1 saturated carbocycles. The van der Waals surface area contributed by atoms with Crippen molar-refractivity contribution in [2.75, 3.05) is 45.7 Å². The maximum atomic E-state index is 14.6. The van der Waals surface area contributed by atoms with Crippen LogP contribution < -0.4 is 21.4 Å². The van der Waals surface area contributed by atoms with Crippen LogP contribution in [-0.4, -0.2) is 165 Å². The number of cyclic esters (lactones) is 1. The topological polar surface area (TPSA) is 270 Å². The number of likely N-dealkylation sites (N-methyl/N-ethyl adjacent to an activating group) is 1. The van der Waals surface area contributed by atoms with Crippen LogP contribution in [0.25, 0.3) is 27.9 Å². The van der Waals surface area contributed by atoms with Crippen molar-refractivity contribution in [3.8, 4) is 0 Å². The fourth-order valence-corrected chi connectivity index (χ4v) is 11.5. The van der Waals surface area contributed by atoms with E-state index in [4.69, 9.17) is 35.3 Å². The number of carboxylic acids is 1. The summed E-state index contributed by atoms with van der Waals surface area (Å²) in [6.45, 7) is 13.9. The van der Waals surface area contributed by atoms with Crippen molar-refractivity contribution in [1.29, 1.82) is 0 Å². The number of halogens is 1. The number of carbonyl (C=O) groups is 4. The SMILES string of the molecule is CC[C@H]1OC(=O)[C@H](C)[C@@H](OC(=O)CCNCCNc2cc3c(=O)c(C(=O)O)cn(C4CC4)c3cc2Cl)[C@H](C)[C@@H](O[C@@H]2O[C@H](C)C[C@H](N(C)C)[C@H]2O)[C@](C)(OC/C=C/c2cnc3ccccc3c2)C[C@@H](C)NC(=O)[C@H](C)[C@@H](O)[C@]1(C)O. The Hall–Kier alpha value is -5.55. The van der Waals surface area contributed by atoms with Crippen LogP contribution in [-0.2, 0) is 38.1 Å². The van der Waals surface area contributed by atoms with Crippen LogP contribution in [0.2, 0.25) is 5.02 Å². The highest BCUT2D eigenvalue weighted by Gasteiger charge is 2.52. The fraction of sp³-hybridized carbons (Fsp3) is 0.593. The van der Waals surface area contributed by atoms with Gasteiger partial charge in [0.15, 0.2) is 6.29 Å². The second-order valence-corrected chi connectivity index (χ2v) is 23.1. The summed E-state index contributed by atoms with van der Waals surface area (Å²) in [6, 6.07) is 12.0. The number of rotatable bonds is 18. The molecule has 0 radical (unpaired) electrons. The van der Waals surface area contributed by atoms with Gasteiger partial charge in [0.25, 0.3) is 0 Å². The Morgan fingerprint density at radius 2 is 1.74 bits per heavy atom. The van der Waals surface area contributed by atoms with Crippen LogP contribution >= 0.6 is 11.6 Å². The molecular formula is C59H81ClN6O14. The zero-order valence-corrected chi connectivity index (χ0v) is 48.3. The van der Waals surface area contributed by atoms with E-state index in [1.165, 1.54) is 20.0 Å². The van der Waals surface area contributed by atoms with E-state index in [0.29, 0.717) is 35.7 Å². The van der Waals surface area contributed by atoms with Gasteiger partial charge in [0.2, 0.25) is 11.3 Å². The molecule has 4 aromatic rings. The van der Waals surface area contributed by atoms with Gasteiger partial charge >= 0.3 is 17.9 Å². The minimum absolute atomic E-state index is 0.00105. The number of nitrogens with one attached hydrogen (secondary N) is 3. The van der Waals surface area contributed by atoms with E-state index in [1.807, 2.05) is 68.4 Å². The molecule has 7 rings (SSSR count). The van der Waals surface area contributed by atoms with Gasteiger partial charge in [-0.3, -0.25) is 24.2 Å². The second kappa shape index (κ2) is 26.6. The highest BCUT2D eigenvalue weighted by atomic mass is 35.5. The third-order valence-electron chi connectivity index (χ3n) is 16.0. The number of aromatic nitrogens is 2. The lowest BCUT2D eigenvalue weighted by Crippen LogP contribution is -2.60. The number of para-hydroxylation sites is 1. The highest BCUT2D eigenvalue weighted by Crippen LogP contribution is 2.40. The first-order valence-electron chi connectivity index (χ1n) is 27.8. The van der Waals surface area contributed by atoms with E-state index in [2.05, 4.69) is 20.9 Å². The quantitative estimate of drug-likeness (QED) is 0.0439. The largest absolute Gasteiger partial charge is 0.477 e. The molecule has 0 bridgehead atoms. The van der Waals surface area contributed by atoms with Crippen molar-refractivity contribution in [3.63, 3.8) is 0 Å². The van der Waals surface area contributed by atoms with E-state index in [-0.39, 0.29) is 61.6 Å². The lowest BCUT2D eigenvalue weighted by molar-refractivity contribution is -0.302. The van der Waals surface area contributed by atoms with Crippen molar-refractivity contribution in [2.24, 2.45) is 17.8 Å². The summed E-state index contributed by atoms with van der Waals surface area (Å²) in [5, 5.41) is 56.1. The molecule has 2 saturated heterocycles. The van der Waals surface area contributed by atoms with E-state index in [9.17, 15) is 44.4 Å². The summed E-state index contributed by atoms with van der Waals surface area (Å²) in [6.07, 6.45) is 0.734. The van der Waals surface area contributed by atoms with Gasteiger partial charge in [0, 0.05) is 66.8 Å². The molecule has 14 atom stereocenters. The number of nitrogens with zero attached hydrogens (tertiary/aromatic N) is 3. The third kappa shape index (κ3) is 14.5. The van der Waals surface area contributed by atoms with Crippen molar-refractivity contribution >= 4 is 69.0 Å². The Morgan fingerprint density at radius 3 is 2.42 bits per heavy atom. The fourth-order valence-electron chi connectivity index (χ4n) is 11.3. The Bertz CT molecular complexity index is 2930. The number of aliphatic hydroxyl groups excluding tert-OH is 2. The zero-order valence-electron chi connectivity index (χ0n) is 47.5. The molecule has 2 aromatic carbocycles. The van der Waals surface area contributed by atoms with Crippen LogP contribution in [0.1, 0.15) is 116 Å². The molecule has 4 heterocycles. The number of aliphatic hydroxyl groups is 3. The molecule has 0 spiro atoms. The van der Waals surface area contributed by atoms with Crippen molar-refractivity contribution in [3.05, 3.63) is 87.3 Å². The molecule has 3 fully saturated rings. The number of pyridine rings is 2. The Morgan fingerprint density at radius 1 is 1.01 bits per heavy atom. The molecule has 1 aliphatic carbocycles. The lowest BCUT2D eigenvalue weighted by atomic mass is 9.78. The summed E-state index contributed by atoms with van der Waals surface area (Å²) < 4.78 is 34.5. The smallest absolute Gasteiger partial charge is 0.341 e. The standard InChI is InChI=1S/C59H81ClN6O14/c1-11-47-59(8,75)52(70)36(6)54(71)64-32(2)29-58(7,76-24-14-15-37-26-38-16-12-13-17-43(38)63-30-37)53(80-57-50(69)46(65(9)10)25-33(3)77-57)34(4)51(35(5)56(74)78-47)79-48(67)20-21-61-22-23-62-44-27-40-45(28-42(44)60)66(39-18-19-39)31-41(49(40)68)55(72)73/h12-17,26-28,30-36,39,46-47,50-53,57,61-62,69-70,75H,11,18-25,29H2,1-10H3,(H,64,71)(H,72,73)/b15-14+/t32-,33-,34+,35-,36-,46+,47-,50-,51+,52-,53-,57+,58-,59-/m1/s1. The normalized spacial score (nSPS) is 31.1. The van der Waals surface area contributed by atoms with Crippen LogP contribution in [0.4, 0.5) is 5.69 Å². The molecule has 2 aliphatic heterocycles. The first-order valence-corrected chi connectivity index (χ1v) is 28.2. The lowest BCUT2D eigenvalue weighted by Gasteiger charge is -2.48. The van der Waals surface area contributed by atoms with Gasteiger partial charge in [0.1, 0.15) is 29.5 Å². The number of ether oxygens (including phenoxy) is 5. The summed E-state index contributed by atoms with van der Waals surface area (Å²) in [5.41, 5.74) is -1.84. The van der Waals surface area contributed by atoms with Gasteiger partial charge in [-0.15, -0.1) is 0 Å². The second-order valence-electron chi connectivity index (χ2n) is 22.7. The number of hydrogen-bond donors (Lipinski definition) is 7. The third-order valence-corrected chi connectivity index (χ3v) is 16.3. The molecule has 20 nitrogen and oxygen atoms in total. The Kier molecular flexibility index (Phi) is 20.6. The van der Waals surface area contributed by atoms with Gasteiger partial charge < -0.3 is 69.5 Å². The first-order chi connectivity index (χ1) is 37.8. The molecule has 80 heavy (non-hydrogen) atoms. The molecule has 0 unspecified atom stereocenters. The molecule has 2 aromatic heterocycles. The molecule has 7 N–H and O–H groups in total. The van der Waals surface area contributed by atoms with E-state index >= 15 is 0 Å². The van der Waals surface area contributed by atoms with Crippen molar-refractivity contribution in [1.82, 2.24) is 25.1 Å². The maximum Gasteiger partial charge on any atom is 0.341 e. The van der Waals surface area contributed by atoms with E-state index in [1.54, 1.807) is 57.5 Å². The zero-order chi connectivity index (χ0) is 58.4. The van der Waals surface area contributed by atoms with Crippen molar-refractivity contribution < 1.29 is 63.3 Å². The Labute approximate surface area is 472 Å². The monoisotopic (exact) mass is 1130 g/mol. The summed E-state index contributed by atoms with van der Waals surface area (Å²) in [7, 11) is 3.70. The van der Waals surface area contributed by atoms with Gasteiger partial charge in [-0.25, -0.2) is 4.79 Å². The number of benzene rings is 2. The predicted octanol–water partition coefficient (Wildman–Crippen LogP) is 6.09. The number of carbonyl (C=O) groups excluding carboxylic acids is 3. The van der Waals surface area contributed by atoms with Gasteiger partial charge in [-0.05, 0) is 111 Å². The van der Waals surface area contributed by atoms with E-state index in [0.717, 1.165) is 29.3 Å². The molecule has 21 heteroatoms. The minimum Gasteiger partial charge on any atom is -0.477 e. The predicted molar refractivity (Wildman–Crippen MR) is 303 cm³/mol. The number of fused-ring (bicyclic) bond motifs is 2. The number of hydrogen-bond acceptors (Lipinski definition) is 17. The average molecular weight is 1130 g/mol. The summed E-state index contributed by atoms with van der Waals surface area (Å²) >= 11 is 6.69. The van der Waals surface area contributed by atoms with Crippen LogP contribution in [0, 0.1) is 17.8 Å². The van der Waals surface area contributed by atoms with Gasteiger partial charge in [-0.2, -0.15) is 0 Å². The summed E-state index contributed by atoms with van der Waals surface area (Å²) in [5.74, 6) is -6.80. The maximum absolute atomic E-state index is 14.6. The molecular weight excluding hydrogens is 1050 g/mol. The van der Waals surface area contributed by atoms with Crippen LogP contribution in [0.3, 0.4) is 0 Å². The average Bonchev–Trinajstić information content (AvgIpc) is 4.28. The molecule has 438 valence electrons. The molecule has 3 aliphatic rings. The number of carboxylic acid groups (broad SMARTS) is 1. The van der Waals surface area contributed by atoms with Crippen LogP contribution in [0.5, 0.6) is 0 Å². The molecule has 1 amide bonds. The number of aromatic carboxylic acids is 1. The number of anilines is 1. The Balaban J connectivity index is 1.17. The van der Waals surface area contributed by atoms with E-state index < -0.39 is 101 Å². The van der Waals surface area contributed by atoms with Crippen molar-refractivity contribution in [2.45, 2.75) is 166 Å². The number of esters is 2. The first kappa shape index (κ1) is 62.1. The van der Waals surface area contributed by atoms with Gasteiger partial charge in [0.05, 0.1) is 70.5 Å². The number of amides is 1.